The monoisotopic (exact) mass is 454 g/mol. The van der Waals surface area contributed by atoms with Gasteiger partial charge in [0.05, 0.1) is 12.1 Å². The van der Waals surface area contributed by atoms with Crippen LogP contribution in [0.1, 0.15) is 22.8 Å². The first kappa shape index (κ1) is 20.7. The Morgan fingerprint density at radius 3 is 2.58 bits per heavy atom. The third kappa shape index (κ3) is 3.60. The first-order chi connectivity index (χ1) is 15.9. The van der Waals surface area contributed by atoms with Crippen LogP contribution in [0.3, 0.4) is 0 Å². The van der Waals surface area contributed by atoms with Crippen molar-refractivity contribution in [3.63, 3.8) is 0 Å². The number of nitrogens with zero attached hydrogens (tertiary/aromatic N) is 6. The van der Waals surface area contributed by atoms with Crippen molar-refractivity contribution >= 4 is 0 Å². The molecule has 4 aromatic rings. The van der Waals surface area contributed by atoms with Gasteiger partial charge in [0.2, 0.25) is 11.6 Å². The SMILES string of the molecule is [N-]=[N+]=NC1Cc2cc(-c3noc(-c4onc(-c5ccccc5)c4C(F)(F)F)n3)ccc2C1O. The Morgan fingerprint density at radius 2 is 1.85 bits per heavy atom. The molecule has 166 valence electrons. The van der Waals surface area contributed by atoms with E-state index in [2.05, 4.69) is 25.3 Å². The van der Waals surface area contributed by atoms with Crippen molar-refractivity contribution in [2.45, 2.75) is 24.7 Å². The average molecular weight is 454 g/mol. The van der Waals surface area contributed by atoms with E-state index >= 15 is 0 Å². The van der Waals surface area contributed by atoms with E-state index in [4.69, 9.17) is 14.6 Å². The zero-order valence-corrected chi connectivity index (χ0v) is 16.6. The second kappa shape index (κ2) is 7.76. The number of benzene rings is 2. The van der Waals surface area contributed by atoms with Gasteiger partial charge in [-0.15, -0.1) is 0 Å². The van der Waals surface area contributed by atoms with Crippen molar-refractivity contribution in [1.29, 1.82) is 0 Å². The minimum absolute atomic E-state index is 0.0281. The number of aromatic nitrogens is 3. The highest BCUT2D eigenvalue weighted by molar-refractivity contribution is 5.71. The van der Waals surface area contributed by atoms with E-state index < -0.39 is 35.5 Å². The van der Waals surface area contributed by atoms with Crippen LogP contribution < -0.4 is 0 Å². The molecule has 0 spiro atoms. The third-order valence-electron chi connectivity index (χ3n) is 5.36. The van der Waals surface area contributed by atoms with Crippen LogP contribution in [0.2, 0.25) is 0 Å². The normalized spacial score (nSPS) is 17.6. The molecule has 0 saturated heterocycles. The van der Waals surface area contributed by atoms with Crippen molar-refractivity contribution in [1.82, 2.24) is 15.3 Å². The Labute approximate surface area is 183 Å². The molecular formula is C21H13F3N6O3. The van der Waals surface area contributed by atoms with Crippen LogP contribution in [0.15, 0.2) is 62.7 Å². The Morgan fingerprint density at radius 1 is 1.06 bits per heavy atom. The molecule has 0 radical (unpaired) electrons. The van der Waals surface area contributed by atoms with Crippen LogP contribution in [0, 0.1) is 0 Å². The number of fused-ring (bicyclic) bond motifs is 1. The van der Waals surface area contributed by atoms with Gasteiger partial charge < -0.3 is 14.2 Å². The minimum Gasteiger partial charge on any atom is -0.388 e. The molecule has 12 heteroatoms. The summed E-state index contributed by atoms with van der Waals surface area (Å²) >= 11 is 0. The summed E-state index contributed by atoms with van der Waals surface area (Å²) in [6.07, 6.45) is -5.42. The van der Waals surface area contributed by atoms with Crippen molar-refractivity contribution in [3.05, 3.63) is 75.7 Å². The quantitative estimate of drug-likeness (QED) is 0.251. The fourth-order valence-electron chi connectivity index (χ4n) is 3.85. The lowest BCUT2D eigenvalue weighted by molar-refractivity contribution is -0.136. The van der Waals surface area contributed by atoms with Gasteiger partial charge in [0.15, 0.2) is 0 Å². The highest BCUT2D eigenvalue weighted by atomic mass is 19.4. The molecule has 2 aromatic heterocycles. The summed E-state index contributed by atoms with van der Waals surface area (Å²) < 4.78 is 51.7. The van der Waals surface area contributed by atoms with E-state index in [0.29, 0.717) is 23.1 Å². The van der Waals surface area contributed by atoms with E-state index in [9.17, 15) is 18.3 Å². The number of hydrogen-bond donors (Lipinski definition) is 1. The first-order valence-electron chi connectivity index (χ1n) is 9.68. The summed E-state index contributed by atoms with van der Waals surface area (Å²) in [6.45, 7) is 0. The maximum absolute atomic E-state index is 13.9. The molecule has 0 saturated carbocycles. The number of aliphatic hydroxyl groups excluding tert-OH is 1. The molecular weight excluding hydrogens is 441 g/mol. The van der Waals surface area contributed by atoms with Gasteiger partial charge >= 0.3 is 6.18 Å². The molecule has 2 aromatic carbocycles. The molecule has 2 unspecified atom stereocenters. The van der Waals surface area contributed by atoms with E-state index in [1.807, 2.05) is 0 Å². The van der Waals surface area contributed by atoms with Gasteiger partial charge in [0.25, 0.3) is 5.89 Å². The molecule has 2 heterocycles. The summed E-state index contributed by atoms with van der Waals surface area (Å²) in [5.41, 5.74) is 9.14. The summed E-state index contributed by atoms with van der Waals surface area (Å²) in [4.78, 5) is 6.81. The van der Waals surface area contributed by atoms with E-state index in [-0.39, 0.29) is 17.1 Å². The number of rotatable bonds is 4. The van der Waals surface area contributed by atoms with Gasteiger partial charge in [-0.05, 0) is 29.1 Å². The zero-order valence-electron chi connectivity index (χ0n) is 16.6. The van der Waals surface area contributed by atoms with Crippen molar-refractivity contribution < 1.29 is 27.3 Å². The average Bonchev–Trinajstić information content (AvgIpc) is 3.52. The van der Waals surface area contributed by atoms with Crippen LogP contribution in [0.4, 0.5) is 13.2 Å². The second-order valence-electron chi connectivity index (χ2n) is 7.36. The zero-order chi connectivity index (χ0) is 23.2. The lowest BCUT2D eigenvalue weighted by Crippen LogP contribution is -2.09. The van der Waals surface area contributed by atoms with E-state index in [1.54, 1.807) is 36.4 Å². The van der Waals surface area contributed by atoms with Gasteiger partial charge in [-0.2, -0.15) is 18.2 Å². The highest BCUT2D eigenvalue weighted by Gasteiger charge is 2.43. The molecule has 0 fully saturated rings. The lowest BCUT2D eigenvalue weighted by Gasteiger charge is -2.07. The molecule has 0 bridgehead atoms. The standard InChI is InChI=1S/C21H13F3N6O3/c22-21(23,24)15-16(10-4-2-1-3-5-10)28-32-18(15)20-26-19(29-33-20)11-6-7-13-12(8-11)9-14(17(13)31)27-30-25/h1-8,14,17,31H,9H2. The maximum Gasteiger partial charge on any atom is 0.422 e. The first-order valence-corrected chi connectivity index (χ1v) is 9.68. The van der Waals surface area contributed by atoms with E-state index in [0.717, 1.165) is 0 Å². The Kier molecular flexibility index (Phi) is 4.88. The summed E-state index contributed by atoms with van der Waals surface area (Å²) in [7, 11) is 0. The number of halogens is 3. The van der Waals surface area contributed by atoms with Gasteiger partial charge in [-0.3, -0.25) is 0 Å². The van der Waals surface area contributed by atoms with Crippen molar-refractivity contribution in [2.24, 2.45) is 5.11 Å². The Balaban J connectivity index is 1.53. The number of hydrogen-bond acceptors (Lipinski definition) is 7. The van der Waals surface area contributed by atoms with Gasteiger partial charge in [-0.25, -0.2) is 0 Å². The number of aliphatic hydroxyl groups is 1. The Hall–Kier alpha value is -4.15. The fourth-order valence-corrected chi connectivity index (χ4v) is 3.85. The molecule has 1 aliphatic carbocycles. The predicted molar refractivity (Wildman–Crippen MR) is 107 cm³/mol. The molecule has 33 heavy (non-hydrogen) atoms. The van der Waals surface area contributed by atoms with Crippen molar-refractivity contribution in [3.8, 4) is 34.3 Å². The minimum atomic E-state index is -4.78. The molecule has 9 nitrogen and oxygen atoms in total. The number of alkyl halides is 3. The lowest BCUT2D eigenvalue weighted by atomic mass is 10.0. The highest BCUT2D eigenvalue weighted by Crippen LogP contribution is 2.43. The van der Waals surface area contributed by atoms with Crippen LogP contribution in [0.25, 0.3) is 44.7 Å². The summed E-state index contributed by atoms with van der Waals surface area (Å²) in [5, 5.41) is 21.2. The van der Waals surface area contributed by atoms with Gasteiger partial charge in [-0.1, -0.05) is 57.9 Å². The van der Waals surface area contributed by atoms with Gasteiger partial charge in [0, 0.05) is 16.0 Å². The van der Waals surface area contributed by atoms with Crippen LogP contribution in [-0.2, 0) is 12.6 Å². The van der Waals surface area contributed by atoms with Crippen LogP contribution >= 0.6 is 0 Å². The van der Waals surface area contributed by atoms with E-state index in [1.165, 1.54) is 12.1 Å². The van der Waals surface area contributed by atoms with Crippen LogP contribution in [0.5, 0.6) is 0 Å². The number of azide groups is 1. The topological polar surface area (TPSA) is 134 Å². The maximum atomic E-state index is 13.9. The summed E-state index contributed by atoms with van der Waals surface area (Å²) in [5.74, 6) is -1.13. The van der Waals surface area contributed by atoms with Gasteiger partial charge in [0.1, 0.15) is 11.3 Å². The largest absolute Gasteiger partial charge is 0.422 e. The molecule has 2 atom stereocenters. The van der Waals surface area contributed by atoms with Crippen molar-refractivity contribution in [2.75, 3.05) is 0 Å². The van der Waals surface area contributed by atoms with Crippen LogP contribution in [-0.4, -0.2) is 26.4 Å². The third-order valence-corrected chi connectivity index (χ3v) is 5.36. The molecule has 0 amide bonds. The molecule has 1 aliphatic rings. The second-order valence-corrected chi connectivity index (χ2v) is 7.36. The molecule has 0 aliphatic heterocycles. The predicted octanol–water partition coefficient (Wildman–Crippen LogP) is 5.35. The smallest absolute Gasteiger partial charge is 0.388 e. The Bertz CT molecular complexity index is 1380. The molecule has 1 N–H and O–H groups in total. The fraction of sp³-hybridized carbons (Fsp3) is 0.190. The summed E-state index contributed by atoms with van der Waals surface area (Å²) in [6, 6.07) is 12.1. The molecule has 5 rings (SSSR count).